The summed E-state index contributed by atoms with van der Waals surface area (Å²) in [5.74, 6) is -1.07. The lowest BCUT2D eigenvalue weighted by Crippen LogP contribution is -2.44. The Hall–Kier alpha value is -3.56. The van der Waals surface area contributed by atoms with E-state index in [1.165, 1.54) is 12.1 Å². The Balaban J connectivity index is 1.77. The first-order valence-corrected chi connectivity index (χ1v) is 8.95. The van der Waals surface area contributed by atoms with Gasteiger partial charge in [0.1, 0.15) is 0 Å². The molecule has 10 heteroatoms. The molecule has 0 fully saturated rings. The number of hydrogen-bond acceptors (Lipinski definition) is 3. The van der Waals surface area contributed by atoms with Gasteiger partial charge in [-0.15, -0.1) is 0 Å². The van der Waals surface area contributed by atoms with E-state index in [4.69, 9.17) is 0 Å². The number of hydrogen-bond donors (Lipinski definition) is 4. The Labute approximate surface area is 171 Å². The van der Waals surface area contributed by atoms with Gasteiger partial charge in [0.05, 0.1) is 11.3 Å². The number of rotatable bonds is 5. The standard InChI is InChI=1S/C20H21F3N4O3/c1-12-7-8-14(11-13(12)2)24-17(28)9-10-18(29)26-27-19(30)25-16-6-4-3-5-15(16)20(21,22)23/h3-8,11H,9-10H2,1-2H3,(H,24,28)(H,26,29)(H2,25,27,30). The van der Waals surface area contributed by atoms with Gasteiger partial charge in [-0.05, 0) is 49.2 Å². The molecule has 0 aliphatic carbocycles. The number of alkyl halides is 3. The first-order valence-electron chi connectivity index (χ1n) is 8.95. The number of carbonyl (C=O) groups is 3. The zero-order valence-electron chi connectivity index (χ0n) is 16.3. The normalized spacial score (nSPS) is 10.8. The number of amides is 4. The lowest BCUT2D eigenvalue weighted by Gasteiger charge is -2.14. The number of benzene rings is 2. The molecule has 4 amide bonds. The number of halogens is 3. The minimum Gasteiger partial charge on any atom is -0.326 e. The van der Waals surface area contributed by atoms with Crippen molar-refractivity contribution in [3.63, 3.8) is 0 Å². The van der Waals surface area contributed by atoms with Gasteiger partial charge in [-0.1, -0.05) is 18.2 Å². The number of aryl methyl sites for hydroxylation is 2. The Kier molecular flexibility index (Phi) is 7.40. The van der Waals surface area contributed by atoms with E-state index in [9.17, 15) is 27.6 Å². The number of para-hydroxylation sites is 1. The van der Waals surface area contributed by atoms with Gasteiger partial charge >= 0.3 is 12.2 Å². The third kappa shape index (κ3) is 6.80. The molecule has 4 N–H and O–H groups in total. The Bertz CT molecular complexity index is 945. The zero-order chi connectivity index (χ0) is 22.3. The summed E-state index contributed by atoms with van der Waals surface area (Å²) in [7, 11) is 0. The third-order valence-electron chi connectivity index (χ3n) is 4.17. The predicted molar refractivity (Wildman–Crippen MR) is 106 cm³/mol. The second kappa shape index (κ2) is 9.77. The van der Waals surface area contributed by atoms with Gasteiger partial charge in [0.25, 0.3) is 0 Å². The molecule has 0 saturated heterocycles. The van der Waals surface area contributed by atoms with Gasteiger partial charge in [0.15, 0.2) is 0 Å². The molecule has 2 rings (SSSR count). The van der Waals surface area contributed by atoms with Crippen LogP contribution in [0.15, 0.2) is 42.5 Å². The van der Waals surface area contributed by atoms with Crippen molar-refractivity contribution in [2.45, 2.75) is 32.9 Å². The first-order chi connectivity index (χ1) is 14.1. The van der Waals surface area contributed by atoms with Crippen molar-refractivity contribution in [3.8, 4) is 0 Å². The molecule has 30 heavy (non-hydrogen) atoms. The Morgan fingerprint density at radius 1 is 0.833 bits per heavy atom. The van der Waals surface area contributed by atoms with Crippen molar-refractivity contribution >= 4 is 29.2 Å². The van der Waals surface area contributed by atoms with Crippen LogP contribution in [-0.2, 0) is 15.8 Å². The molecule has 0 atom stereocenters. The van der Waals surface area contributed by atoms with Crippen LogP contribution in [-0.4, -0.2) is 17.8 Å². The van der Waals surface area contributed by atoms with Crippen LogP contribution in [0.1, 0.15) is 29.5 Å². The molecule has 7 nitrogen and oxygen atoms in total. The predicted octanol–water partition coefficient (Wildman–Crippen LogP) is 3.89. The molecule has 0 radical (unpaired) electrons. The average Bonchev–Trinajstić information content (AvgIpc) is 2.67. The molecule has 0 spiro atoms. The van der Waals surface area contributed by atoms with E-state index in [1.54, 1.807) is 12.1 Å². The molecule has 0 aromatic heterocycles. The van der Waals surface area contributed by atoms with Crippen LogP contribution >= 0.6 is 0 Å². The number of urea groups is 1. The Morgan fingerprint density at radius 2 is 1.50 bits per heavy atom. The van der Waals surface area contributed by atoms with E-state index >= 15 is 0 Å². The summed E-state index contributed by atoms with van der Waals surface area (Å²) < 4.78 is 38.7. The van der Waals surface area contributed by atoms with Crippen LogP contribution in [0.3, 0.4) is 0 Å². The average molecular weight is 422 g/mol. The van der Waals surface area contributed by atoms with Crippen molar-refractivity contribution in [1.82, 2.24) is 10.9 Å². The molecule has 0 aliphatic heterocycles. The topological polar surface area (TPSA) is 99.3 Å². The van der Waals surface area contributed by atoms with Crippen molar-refractivity contribution < 1.29 is 27.6 Å². The quantitative estimate of drug-likeness (QED) is 0.550. The highest BCUT2D eigenvalue weighted by Gasteiger charge is 2.33. The van der Waals surface area contributed by atoms with E-state index in [-0.39, 0.29) is 12.8 Å². The second-order valence-electron chi connectivity index (χ2n) is 6.52. The number of hydrazine groups is 1. The number of anilines is 2. The largest absolute Gasteiger partial charge is 0.418 e. The third-order valence-corrected chi connectivity index (χ3v) is 4.17. The maximum atomic E-state index is 12.9. The van der Waals surface area contributed by atoms with Crippen molar-refractivity contribution in [1.29, 1.82) is 0 Å². The molecule has 2 aromatic rings. The summed E-state index contributed by atoms with van der Waals surface area (Å²) >= 11 is 0. The van der Waals surface area contributed by atoms with Crippen LogP contribution < -0.4 is 21.5 Å². The van der Waals surface area contributed by atoms with E-state index in [0.29, 0.717) is 5.69 Å². The van der Waals surface area contributed by atoms with Gasteiger partial charge in [0, 0.05) is 18.5 Å². The number of nitrogens with one attached hydrogen (secondary N) is 4. The summed E-state index contributed by atoms with van der Waals surface area (Å²) in [4.78, 5) is 35.4. The summed E-state index contributed by atoms with van der Waals surface area (Å²) in [5.41, 5.74) is 5.20. The maximum Gasteiger partial charge on any atom is 0.418 e. The van der Waals surface area contributed by atoms with E-state index in [0.717, 1.165) is 23.3 Å². The van der Waals surface area contributed by atoms with Crippen LogP contribution in [0.2, 0.25) is 0 Å². The minimum absolute atomic E-state index is 0.140. The van der Waals surface area contributed by atoms with Gasteiger partial charge in [-0.3, -0.25) is 15.0 Å². The smallest absolute Gasteiger partial charge is 0.326 e. The molecule has 0 unspecified atom stereocenters. The highest BCUT2D eigenvalue weighted by molar-refractivity contribution is 5.94. The molecular weight excluding hydrogens is 401 g/mol. The molecule has 0 bridgehead atoms. The highest BCUT2D eigenvalue weighted by Crippen LogP contribution is 2.34. The van der Waals surface area contributed by atoms with Gasteiger partial charge in [-0.25, -0.2) is 10.2 Å². The van der Waals surface area contributed by atoms with Gasteiger partial charge in [-0.2, -0.15) is 13.2 Å². The van der Waals surface area contributed by atoms with Gasteiger partial charge < -0.3 is 10.6 Å². The molecule has 0 saturated carbocycles. The second-order valence-corrected chi connectivity index (χ2v) is 6.52. The lowest BCUT2D eigenvalue weighted by molar-refractivity contribution is -0.137. The fourth-order valence-electron chi connectivity index (χ4n) is 2.45. The minimum atomic E-state index is -4.64. The molecular formula is C20H21F3N4O3. The van der Waals surface area contributed by atoms with Crippen LogP contribution in [0, 0.1) is 13.8 Å². The van der Waals surface area contributed by atoms with E-state index in [2.05, 4.69) is 5.32 Å². The lowest BCUT2D eigenvalue weighted by atomic mass is 10.1. The summed E-state index contributed by atoms with van der Waals surface area (Å²) in [6, 6.07) is 8.78. The molecule has 2 aromatic carbocycles. The van der Waals surface area contributed by atoms with E-state index < -0.39 is 35.3 Å². The molecule has 160 valence electrons. The SMILES string of the molecule is Cc1ccc(NC(=O)CCC(=O)NNC(=O)Nc2ccccc2C(F)(F)F)cc1C. The van der Waals surface area contributed by atoms with Crippen molar-refractivity contribution in [2.75, 3.05) is 10.6 Å². The summed E-state index contributed by atoms with van der Waals surface area (Å²) in [6.07, 6.45) is -5.01. The maximum absolute atomic E-state index is 12.9. The summed E-state index contributed by atoms with van der Waals surface area (Å²) in [5, 5.41) is 4.67. The van der Waals surface area contributed by atoms with E-state index in [1.807, 2.05) is 36.1 Å². The first kappa shape index (κ1) is 22.7. The highest BCUT2D eigenvalue weighted by atomic mass is 19.4. The van der Waals surface area contributed by atoms with Gasteiger partial charge in [0.2, 0.25) is 11.8 Å². The molecule has 0 heterocycles. The van der Waals surface area contributed by atoms with Crippen LogP contribution in [0.4, 0.5) is 29.3 Å². The van der Waals surface area contributed by atoms with Crippen LogP contribution in [0.5, 0.6) is 0 Å². The summed E-state index contributed by atoms with van der Waals surface area (Å²) in [6.45, 7) is 3.85. The zero-order valence-corrected chi connectivity index (χ0v) is 16.3. The van der Waals surface area contributed by atoms with Crippen molar-refractivity contribution in [2.24, 2.45) is 0 Å². The monoisotopic (exact) mass is 422 g/mol. The Morgan fingerprint density at radius 3 is 2.17 bits per heavy atom. The molecule has 0 aliphatic rings. The van der Waals surface area contributed by atoms with Crippen LogP contribution in [0.25, 0.3) is 0 Å². The van der Waals surface area contributed by atoms with Crippen molar-refractivity contribution in [3.05, 3.63) is 59.2 Å². The fourth-order valence-corrected chi connectivity index (χ4v) is 2.45. The fraction of sp³-hybridized carbons (Fsp3) is 0.250. The number of carbonyl (C=O) groups excluding carboxylic acids is 3.